The van der Waals surface area contributed by atoms with Crippen LogP contribution in [0.3, 0.4) is 0 Å². The van der Waals surface area contributed by atoms with E-state index >= 15 is 0 Å². The monoisotopic (exact) mass is 288 g/mol. The molecule has 0 bridgehead atoms. The molecule has 116 valence electrons. The molecule has 0 saturated heterocycles. The van der Waals surface area contributed by atoms with Gasteiger partial charge in [-0.2, -0.15) is 0 Å². The zero-order valence-corrected chi connectivity index (χ0v) is 12.3. The molecule has 0 amide bonds. The van der Waals surface area contributed by atoms with Crippen molar-refractivity contribution in [2.75, 3.05) is 26.4 Å². The van der Waals surface area contributed by atoms with Crippen LogP contribution >= 0.6 is 0 Å². The Morgan fingerprint density at radius 1 is 1.20 bits per heavy atom. The van der Waals surface area contributed by atoms with E-state index in [1.165, 1.54) is 0 Å². The third-order valence-electron chi connectivity index (χ3n) is 2.24. The van der Waals surface area contributed by atoms with Crippen LogP contribution in [0.1, 0.15) is 33.1 Å². The van der Waals surface area contributed by atoms with Gasteiger partial charge in [-0.15, -0.1) is 0 Å². The standard InChI is InChI=1S/C14H24O6/c1-4-6-8-18-12(3)20-14(16)7-9-17-10-11-19-13(15)5-2/h5,12H,2,4,6-11H2,1,3H3. The number of unbranched alkanes of at least 4 members (excludes halogenated alkanes) is 1. The van der Waals surface area contributed by atoms with Gasteiger partial charge in [0.1, 0.15) is 6.61 Å². The molecule has 0 fully saturated rings. The second-order valence-corrected chi connectivity index (χ2v) is 4.02. The van der Waals surface area contributed by atoms with Crippen molar-refractivity contribution >= 4 is 11.9 Å². The van der Waals surface area contributed by atoms with E-state index in [1.54, 1.807) is 6.92 Å². The Hall–Kier alpha value is -1.40. The first-order chi connectivity index (χ1) is 9.60. The van der Waals surface area contributed by atoms with E-state index in [2.05, 4.69) is 13.5 Å². The quantitative estimate of drug-likeness (QED) is 0.236. The molecule has 0 rings (SSSR count). The van der Waals surface area contributed by atoms with Crippen LogP contribution in [0.15, 0.2) is 12.7 Å². The number of carbonyl (C=O) groups is 2. The Kier molecular flexibility index (Phi) is 11.7. The van der Waals surface area contributed by atoms with E-state index in [-0.39, 0.29) is 32.2 Å². The molecular formula is C14H24O6. The lowest BCUT2D eigenvalue weighted by molar-refractivity contribution is -0.176. The lowest BCUT2D eigenvalue weighted by atomic mass is 10.4. The normalized spacial score (nSPS) is 11.7. The zero-order chi connectivity index (χ0) is 15.2. The van der Waals surface area contributed by atoms with Gasteiger partial charge in [0.05, 0.1) is 26.2 Å². The van der Waals surface area contributed by atoms with E-state index in [1.807, 2.05) is 0 Å². The summed E-state index contributed by atoms with van der Waals surface area (Å²) in [5.41, 5.74) is 0. The minimum absolute atomic E-state index is 0.135. The Labute approximate surface area is 120 Å². The van der Waals surface area contributed by atoms with Gasteiger partial charge < -0.3 is 18.9 Å². The van der Waals surface area contributed by atoms with Gasteiger partial charge in [0.25, 0.3) is 0 Å². The molecular weight excluding hydrogens is 264 g/mol. The second-order valence-electron chi connectivity index (χ2n) is 4.02. The largest absolute Gasteiger partial charge is 0.460 e. The lowest BCUT2D eigenvalue weighted by Gasteiger charge is -2.13. The van der Waals surface area contributed by atoms with Gasteiger partial charge in [-0.1, -0.05) is 19.9 Å². The summed E-state index contributed by atoms with van der Waals surface area (Å²) in [5.74, 6) is -0.872. The molecule has 0 aromatic heterocycles. The van der Waals surface area contributed by atoms with E-state index in [0.717, 1.165) is 18.9 Å². The van der Waals surface area contributed by atoms with E-state index in [9.17, 15) is 9.59 Å². The van der Waals surface area contributed by atoms with Crippen molar-refractivity contribution in [3.05, 3.63) is 12.7 Å². The van der Waals surface area contributed by atoms with Crippen molar-refractivity contribution in [3.63, 3.8) is 0 Å². The van der Waals surface area contributed by atoms with Crippen LogP contribution in [-0.4, -0.2) is 44.7 Å². The lowest BCUT2D eigenvalue weighted by Crippen LogP contribution is -2.20. The SMILES string of the molecule is C=CC(=O)OCCOCCC(=O)OC(C)OCCCC. The van der Waals surface area contributed by atoms with Crippen molar-refractivity contribution in [1.82, 2.24) is 0 Å². The average molecular weight is 288 g/mol. The first kappa shape index (κ1) is 18.6. The maximum absolute atomic E-state index is 11.4. The fourth-order valence-electron chi connectivity index (χ4n) is 1.19. The third-order valence-corrected chi connectivity index (χ3v) is 2.24. The number of carbonyl (C=O) groups excluding carboxylic acids is 2. The molecule has 1 unspecified atom stereocenters. The minimum Gasteiger partial charge on any atom is -0.460 e. The highest BCUT2D eigenvalue weighted by molar-refractivity contribution is 5.81. The first-order valence-electron chi connectivity index (χ1n) is 6.78. The summed E-state index contributed by atoms with van der Waals surface area (Å²) in [7, 11) is 0. The number of hydrogen-bond donors (Lipinski definition) is 0. The summed E-state index contributed by atoms with van der Waals surface area (Å²) in [6.45, 7) is 8.17. The van der Waals surface area contributed by atoms with Gasteiger partial charge >= 0.3 is 11.9 Å². The molecule has 0 aromatic rings. The molecule has 0 saturated carbocycles. The summed E-state index contributed by atoms with van der Waals surface area (Å²) >= 11 is 0. The highest BCUT2D eigenvalue weighted by Gasteiger charge is 2.09. The summed E-state index contributed by atoms with van der Waals surface area (Å²) in [5, 5.41) is 0. The molecule has 0 N–H and O–H groups in total. The third kappa shape index (κ3) is 11.7. The average Bonchev–Trinajstić information content (AvgIpc) is 2.42. The second kappa shape index (κ2) is 12.6. The number of ether oxygens (including phenoxy) is 4. The van der Waals surface area contributed by atoms with Crippen molar-refractivity contribution in [1.29, 1.82) is 0 Å². The van der Waals surface area contributed by atoms with Crippen LogP contribution in [0.25, 0.3) is 0 Å². The van der Waals surface area contributed by atoms with E-state index < -0.39 is 12.3 Å². The summed E-state index contributed by atoms with van der Waals surface area (Å²) in [6, 6.07) is 0. The Balaban J connectivity index is 3.44. The smallest absolute Gasteiger partial charge is 0.330 e. The first-order valence-corrected chi connectivity index (χ1v) is 6.78. The molecule has 1 atom stereocenters. The van der Waals surface area contributed by atoms with Crippen molar-refractivity contribution in [2.45, 2.75) is 39.4 Å². The predicted octanol–water partition coefficient (Wildman–Crippen LogP) is 1.83. The fraction of sp³-hybridized carbons (Fsp3) is 0.714. The summed E-state index contributed by atoms with van der Waals surface area (Å²) in [4.78, 5) is 22.1. The molecule has 0 spiro atoms. The van der Waals surface area contributed by atoms with Crippen LogP contribution in [0.5, 0.6) is 0 Å². The Morgan fingerprint density at radius 2 is 1.95 bits per heavy atom. The molecule has 0 aliphatic carbocycles. The topological polar surface area (TPSA) is 71.1 Å². The predicted molar refractivity (Wildman–Crippen MR) is 73.0 cm³/mol. The number of esters is 2. The molecule has 0 aliphatic heterocycles. The minimum atomic E-state index is -0.539. The van der Waals surface area contributed by atoms with Crippen LogP contribution in [0.2, 0.25) is 0 Å². The summed E-state index contributed by atoms with van der Waals surface area (Å²) in [6.07, 6.45) is 2.65. The van der Waals surface area contributed by atoms with Crippen LogP contribution in [0.4, 0.5) is 0 Å². The highest BCUT2D eigenvalue weighted by Crippen LogP contribution is 1.99. The van der Waals surface area contributed by atoms with Crippen molar-refractivity contribution < 1.29 is 28.5 Å². The zero-order valence-electron chi connectivity index (χ0n) is 12.3. The highest BCUT2D eigenvalue weighted by atomic mass is 16.7. The molecule has 0 aliphatic rings. The van der Waals surface area contributed by atoms with Crippen molar-refractivity contribution in [2.24, 2.45) is 0 Å². The van der Waals surface area contributed by atoms with Gasteiger partial charge in [0, 0.05) is 6.08 Å². The maximum Gasteiger partial charge on any atom is 0.330 e. The summed E-state index contributed by atoms with van der Waals surface area (Å²) < 4.78 is 20.1. The molecule has 0 heterocycles. The van der Waals surface area contributed by atoms with E-state index in [4.69, 9.17) is 18.9 Å². The molecule has 0 radical (unpaired) electrons. The molecule has 6 nitrogen and oxygen atoms in total. The van der Waals surface area contributed by atoms with Crippen LogP contribution in [0, 0.1) is 0 Å². The van der Waals surface area contributed by atoms with Gasteiger partial charge in [-0.3, -0.25) is 4.79 Å². The van der Waals surface area contributed by atoms with Gasteiger partial charge in [0.15, 0.2) is 6.29 Å². The van der Waals surface area contributed by atoms with Crippen LogP contribution < -0.4 is 0 Å². The van der Waals surface area contributed by atoms with Gasteiger partial charge in [0.2, 0.25) is 0 Å². The van der Waals surface area contributed by atoms with Gasteiger partial charge in [-0.05, 0) is 13.3 Å². The Morgan fingerprint density at radius 3 is 2.60 bits per heavy atom. The van der Waals surface area contributed by atoms with Gasteiger partial charge in [-0.25, -0.2) is 4.79 Å². The fourth-order valence-corrected chi connectivity index (χ4v) is 1.19. The Bertz CT molecular complexity index is 289. The molecule has 6 heteroatoms. The maximum atomic E-state index is 11.4. The van der Waals surface area contributed by atoms with Crippen LogP contribution in [-0.2, 0) is 28.5 Å². The number of hydrogen-bond acceptors (Lipinski definition) is 6. The molecule has 20 heavy (non-hydrogen) atoms. The van der Waals surface area contributed by atoms with E-state index in [0.29, 0.717) is 6.61 Å². The molecule has 0 aromatic carbocycles. The number of rotatable bonds is 12. The van der Waals surface area contributed by atoms with Crippen molar-refractivity contribution in [3.8, 4) is 0 Å².